The van der Waals surface area contributed by atoms with E-state index in [1.54, 1.807) is 12.1 Å². The average Bonchev–Trinajstić information content (AvgIpc) is 2.98. The lowest BCUT2D eigenvalue weighted by molar-refractivity contribution is -0.384. The minimum atomic E-state index is -0.736. The molecule has 0 bridgehead atoms. The van der Waals surface area contributed by atoms with Crippen LogP contribution in [-0.4, -0.2) is 22.7 Å². The monoisotopic (exact) mass is 408 g/mol. The summed E-state index contributed by atoms with van der Waals surface area (Å²) in [7, 11) is 0. The molecule has 0 unspecified atom stereocenters. The lowest BCUT2D eigenvalue weighted by Gasteiger charge is -2.25. The Kier molecular flexibility index (Phi) is 5.07. The van der Waals surface area contributed by atoms with Crippen molar-refractivity contribution in [3.8, 4) is 5.75 Å². The van der Waals surface area contributed by atoms with Crippen LogP contribution < -0.4 is 9.64 Å². The van der Waals surface area contributed by atoms with Gasteiger partial charge in [-0.2, -0.15) is 0 Å². The first kappa shape index (κ1) is 19.8. The number of imide groups is 1. The Balaban J connectivity index is 1.49. The quantitative estimate of drug-likeness (QED) is 0.251. The van der Waals surface area contributed by atoms with Crippen LogP contribution in [0.4, 0.5) is 11.4 Å². The molecule has 2 aliphatic rings. The third-order valence-corrected chi connectivity index (χ3v) is 5.79. The van der Waals surface area contributed by atoms with E-state index in [0.29, 0.717) is 11.6 Å². The van der Waals surface area contributed by atoms with Crippen LogP contribution in [-0.2, 0) is 9.59 Å². The van der Waals surface area contributed by atoms with Crippen molar-refractivity contribution in [1.29, 1.82) is 0 Å². The Bertz CT molecular complexity index is 1030. The zero-order chi connectivity index (χ0) is 21.4. The fraction of sp³-hybridized carbons (Fsp3) is 0.318. The number of esters is 1. The Morgan fingerprint density at radius 3 is 2.47 bits per heavy atom. The summed E-state index contributed by atoms with van der Waals surface area (Å²) in [5.41, 5.74) is 0.292. The van der Waals surface area contributed by atoms with Crippen LogP contribution in [0.25, 0.3) is 0 Å². The van der Waals surface area contributed by atoms with E-state index in [2.05, 4.69) is 6.92 Å². The normalized spacial score (nSPS) is 23.2. The summed E-state index contributed by atoms with van der Waals surface area (Å²) >= 11 is 0. The van der Waals surface area contributed by atoms with Crippen LogP contribution in [0.2, 0.25) is 0 Å². The van der Waals surface area contributed by atoms with Gasteiger partial charge in [0.25, 0.3) is 5.69 Å². The number of nitro groups is 1. The van der Waals surface area contributed by atoms with Crippen LogP contribution in [0.15, 0.2) is 48.5 Å². The molecule has 1 saturated carbocycles. The third-order valence-electron chi connectivity index (χ3n) is 5.79. The number of rotatable bonds is 4. The largest absolute Gasteiger partial charge is 0.423 e. The molecule has 1 aliphatic heterocycles. The Labute approximate surface area is 172 Å². The van der Waals surface area contributed by atoms with Gasteiger partial charge in [0.05, 0.1) is 28.0 Å². The summed E-state index contributed by atoms with van der Waals surface area (Å²) in [6, 6.07) is 11.4. The second kappa shape index (κ2) is 7.70. The standard InChI is InChI=1S/C22H20N2O6/c1-13-5-10-18-19(11-13)21(26)23(20(18)25)15-6-8-17(9-7-15)30-22(27)14-3-2-4-16(12-14)24(28)29/h2-4,6-9,12-13,18-19H,5,10-11H2,1H3/t13-,18+,19+/m1/s1. The van der Waals surface area contributed by atoms with Gasteiger partial charge in [0, 0.05) is 12.1 Å². The van der Waals surface area contributed by atoms with E-state index in [1.807, 2.05) is 0 Å². The molecule has 2 aromatic rings. The predicted molar refractivity (Wildman–Crippen MR) is 107 cm³/mol. The van der Waals surface area contributed by atoms with Gasteiger partial charge in [-0.15, -0.1) is 0 Å². The maximum atomic E-state index is 12.8. The van der Waals surface area contributed by atoms with E-state index >= 15 is 0 Å². The molecular formula is C22H20N2O6. The number of nitrogens with zero attached hydrogens (tertiary/aromatic N) is 2. The number of benzene rings is 2. The number of hydrogen-bond donors (Lipinski definition) is 0. The number of hydrogen-bond acceptors (Lipinski definition) is 6. The van der Waals surface area contributed by atoms with Gasteiger partial charge in [0.15, 0.2) is 0 Å². The van der Waals surface area contributed by atoms with Crippen molar-refractivity contribution in [2.45, 2.75) is 26.2 Å². The summed E-state index contributed by atoms with van der Waals surface area (Å²) in [6.07, 6.45) is 2.40. The highest BCUT2D eigenvalue weighted by Gasteiger charge is 2.49. The number of carbonyl (C=O) groups excluding carboxylic acids is 3. The molecule has 154 valence electrons. The van der Waals surface area contributed by atoms with Crippen molar-refractivity contribution in [3.05, 3.63) is 64.2 Å². The molecule has 2 fully saturated rings. The van der Waals surface area contributed by atoms with Crippen molar-refractivity contribution >= 4 is 29.2 Å². The zero-order valence-corrected chi connectivity index (χ0v) is 16.3. The summed E-state index contributed by atoms with van der Waals surface area (Å²) in [4.78, 5) is 49.3. The highest BCUT2D eigenvalue weighted by Crippen LogP contribution is 2.42. The molecule has 1 heterocycles. The molecule has 3 atom stereocenters. The first-order valence-electron chi connectivity index (χ1n) is 9.79. The first-order valence-corrected chi connectivity index (χ1v) is 9.79. The Morgan fingerprint density at radius 2 is 1.77 bits per heavy atom. The van der Waals surface area contributed by atoms with Crippen LogP contribution in [0.1, 0.15) is 36.5 Å². The fourth-order valence-corrected chi connectivity index (χ4v) is 4.22. The van der Waals surface area contributed by atoms with E-state index in [9.17, 15) is 24.5 Å². The van der Waals surface area contributed by atoms with Crippen molar-refractivity contribution in [2.75, 3.05) is 4.90 Å². The SMILES string of the molecule is C[C@@H]1CC[C@@H]2C(=O)N(c3ccc(OC(=O)c4cccc([N+](=O)[O-])c4)cc3)C(=O)[C@H]2C1. The van der Waals surface area contributed by atoms with Crippen LogP contribution in [0.3, 0.4) is 0 Å². The predicted octanol–water partition coefficient (Wildman–Crippen LogP) is 3.74. The smallest absolute Gasteiger partial charge is 0.343 e. The van der Waals surface area contributed by atoms with Crippen molar-refractivity contribution < 1.29 is 24.0 Å². The van der Waals surface area contributed by atoms with Gasteiger partial charge in [0.1, 0.15) is 5.75 Å². The molecule has 4 rings (SSSR count). The summed E-state index contributed by atoms with van der Waals surface area (Å²) in [6.45, 7) is 2.10. The second-order valence-electron chi connectivity index (χ2n) is 7.83. The fourth-order valence-electron chi connectivity index (χ4n) is 4.22. The van der Waals surface area contributed by atoms with E-state index < -0.39 is 10.9 Å². The number of non-ortho nitro benzene ring substituents is 1. The molecule has 8 heteroatoms. The molecule has 2 amide bonds. The average molecular weight is 408 g/mol. The van der Waals surface area contributed by atoms with Gasteiger partial charge < -0.3 is 4.74 Å². The van der Waals surface area contributed by atoms with Crippen LogP contribution in [0.5, 0.6) is 5.75 Å². The molecule has 1 aliphatic carbocycles. The molecule has 2 aromatic carbocycles. The number of fused-ring (bicyclic) bond motifs is 1. The van der Waals surface area contributed by atoms with Gasteiger partial charge in [-0.3, -0.25) is 24.6 Å². The Morgan fingerprint density at radius 1 is 1.07 bits per heavy atom. The summed E-state index contributed by atoms with van der Waals surface area (Å²) in [5, 5.41) is 10.9. The first-order chi connectivity index (χ1) is 14.3. The number of amides is 2. The second-order valence-corrected chi connectivity index (χ2v) is 7.83. The van der Waals surface area contributed by atoms with E-state index in [-0.39, 0.29) is 40.7 Å². The molecule has 0 spiro atoms. The van der Waals surface area contributed by atoms with Crippen LogP contribution >= 0.6 is 0 Å². The minimum Gasteiger partial charge on any atom is -0.423 e. The van der Waals surface area contributed by atoms with E-state index in [0.717, 1.165) is 25.3 Å². The molecule has 8 nitrogen and oxygen atoms in total. The van der Waals surface area contributed by atoms with Gasteiger partial charge in [-0.05, 0) is 55.5 Å². The Hall–Kier alpha value is -3.55. The van der Waals surface area contributed by atoms with Gasteiger partial charge in [0.2, 0.25) is 11.8 Å². The van der Waals surface area contributed by atoms with Gasteiger partial charge in [-0.1, -0.05) is 13.0 Å². The van der Waals surface area contributed by atoms with E-state index in [4.69, 9.17) is 4.74 Å². The summed E-state index contributed by atoms with van der Waals surface area (Å²) < 4.78 is 5.27. The molecule has 0 N–H and O–H groups in total. The van der Waals surface area contributed by atoms with Crippen molar-refractivity contribution in [3.63, 3.8) is 0 Å². The summed E-state index contributed by atoms with van der Waals surface area (Å²) in [5.74, 6) is -0.942. The minimum absolute atomic E-state index is 0.0522. The molecule has 30 heavy (non-hydrogen) atoms. The van der Waals surface area contributed by atoms with Gasteiger partial charge in [-0.25, -0.2) is 4.79 Å². The van der Waals surface area contributed by atoms with Crippen molar-refractivity contribution in [2.24, 2.45) is 17.8 Å². The van der Waals surface area contributed by atoms with Crippen LogP contribution in [0, 0.1) is 27.9 Å². The number of carbonyl (C=O) groups is 3. The lowest BCUT2D eigenvalue weighted by Crippen LogP contribution is -2.30. The number of ether oxygens (including phenoxy) is 1. The molecular weight excluding hydrogens is 388 g/mol. The lowest BCUT2D eigenvalue weighted by atomic mass is 9.76. The molecule has 0 aromatic heterocycles. The molecule has 0 radical (unpaired) electrons. The number of nitro benzene ring substituents is 1. The zero-order valence-electron chi connectivity index (χ0n) is 16.3. The third kappa shape index (κ3) is 3.56. The maximum Gasteiger partial charge on any atom is 0.343 e. The highest BCUT2D eigenvalue weighted by molar-refractivity contribution is 6.22. The van der Waals surface area contributed by atoms with Gasteiger partial charge >= 0.3 is 5.97 Å². The maximum absolute atomic E-state index is 12.8. The highest BCUT2D eigenvalue weighted by atomic mass is 16.6. The van der Waals surface area contributed by atoms with Crippen molar-refractivity contribution in [1.82, 2.24) is 0 Å². The number of anilines is 1. The van der Waals surface area contributed by atoms with E-state index in [1.165, 1.54) is 35.2 Å². The topological polar surface area (TPSA) is 107 Å². The molecule has 1 saturated heterocycles.